The number of hydrogen-bond acceptors (Lipinski definition) is 3. The molecule has 1 aliphatic carbocycles. The first-order chi connectivity index (χ1) is 9.73. The highest BCUT2D eigenvalue weighted by Gasteiger charge is 2.46. The van der Waals surface area contributed by atoms with Crippen LogP contribution in [0.1, 0.15) is 65.9 Å². The molecule has 0 aromatic carbocycles. The van der Waals surface area contributed by atoms with Gasteiger partial charge in [0.05, 0.1) is 17.9 Å². The fourth-order valence-corrected chi connectivity index (χ4v) is 3.64. The third-order valence-electron chi connectivity index (χ3n) is 4.51. The predicted molar refractivity (Wildman–Crippen MR) is 85.3 cm³/mol. The molecular weight excluding hydrogens is 262 g/mol. The quantitative estimate of drug-likeness (QED) is 0.903. The Hall–Kier alpha value is -1.09. The number of aliphatic hydroxyl groups is 1. The molecule has 0 saturated heterocycles. The first kappa shape index (κ1) is 16.3. The summed E-state index contributed by atoms with van der Waals surface area (Å²) in [6, 6.07) is 1.97. The summed E-state index contributed by atoms with van der Waals surface area (Å²) in [5, 5.41) is 11.4. The number of nitrogens with zero attached hydrogens (tertiary/aromatic N) is 1. The van der Waals surface area contributed by atoms with Crippen molar-refractivity contribution in [3.8, 4) is 5.75 Å². The van der Waals surface area contributed by atoms with E-state index >= 15 is 0 Å². The van der Waals surface area contributed by atoms with Crippen molar-refractivity contribution in [2.75, 3.05) is 0 Å². The van der Waals surface area contributed by atoms with Gasteiger partial charge in [0.1, 0.15) is 5.75 Å². The van der Waals surface area contributed by atoms with Gasteiger partial charge in [0.25, 0.3) is 0 Å². The van der Waals surface area contributed by atoms with E-state index in [0.717, 1.165) is 30.6 Å². The van der Waals surface area contributed by atoms with Crippen LogP contribution in [0.3, 0.4) is 0 Å². The maximum absolute atomic E-state index is 11.4. The van der Waals surface area contributed by atoms with E-state index in [4.69, 9.17) is 4.74 Å². The van der Waals surface area contributed by atoms with Gasteiger partial charge in [-0.25, -0.2) is 0 Å². The van der Waals surface area contributed by atoms with E-state index in [0.29, 0.717) is 0 Å². The highest BCUT2D eigenvalue weighted by Crippen LogP contribution is 2.49. The van der Waals surface area contributed by atoms with Gasteiger partial charge in [0.2, 0.25) is 0 Å². The van der Waals surface area contributed by atoms with Crippen molar-refractivity contribution in [1.29, 1.82) is 0 Å². The Bertz CT molecular complexity index is 478. The molecule has 0 radical (unpaired) electrons. The molecule has 2 unspecified atom stereocenters. The number of pyridine rings is 1. The van der Waals surface area contributed by atoms with Gasteiger partial charge >= 0.3 is 0 Å². The standard InChI is InChI=1S/C18H29NO2/c1-13(2)21-15-10-14(11-19-12-15)18(20)9-7-6-8-16(18)17(3,4)5/h10-13,16,20H,6-9H2,1-5H3. The van der Waals surface area contributed by atoms with Gasteiger partial charge in [0.15, 0.2) is 0 Å². The van der Waals surface area contributed by atoms with Crippen molar-refractivity contribution in [2.45, 2.75) is 72.0 Å². The van der Waals surface area contributed by atoms with Gasteiger partial charge in [-0.1, -0.05) is 33.6 Å². The number of rotatable bonds is 3. The topological polar surface area (TPSA) is 42.4 Å². The van der Waals surface area contributed by atoms with Crippen molar-refractivity contribution in [3.63, 3.8) is 0 Å². The average Bonchev–Trinajstić information content (AvgIpc) is 2.37. The molecule has 2 rings (SSSR count). The Labute approximate surface area is 128 Å². The Balaban J connectivity index is 2.36. The average molecular weight is 291 g/mol. The predicted octanol–water partition coefficient (Wildman–Crippen LogP) is 4.29. The maximum Gasteiger partial charge on any atom is 0.138 e. The van der Waals surface area contributed by atoms with Crippen LogP contribution >= 0.6 is 0 Å². The number of hydrogen-bond donors (Lipinski definition) is 1. The van der Waals surface area contributed by atoms with Crippen molar-refractivity contribution in [1.82, 2.24) is 4.98 Å². The van der Waals surface area contributed by atoms with Crippen LogP contribution in [0.5, 0.6) is 5.75 Å². The van der Waals surface area contributed by atoms with Crippen LogP contribution in [0.4, 0.5) is 0 Å². The molecule has 1 aromatic heterocycles. The highest BCUT2D eigenvalue weighted by molar-refractivity contribution is 5.30. The maximum atomic E-state index is 11.4. The highest BCUT2D eigenvalue weighted by atomic mass is 16.5. The van der Waals surface area contributed by atoms with E-state index in [1.54, 1.807) is 12.4 Å². The third-order valence-corrected chi connectivity index (χ3v) is 4.51. The fourth-order valence-electron chi connectivity index (χ4n) is 3.64. The van der Waals surface area contributed by atoms with Gasteiger partial charge in [-0.05, 0) is 44.1 Å². The van der Waals surface area contributed by atoms with Gasteiger partial charge in [-0.3, -0.25) is 4.98 Å². The van der Waals surface area contributed by atoms with Gasteiger partial charge in [0, 0.05) is 11.8 Å². The zero-order chi connectivity index (χ0) is 15.7. The summed E-state index contributed by atoms with van der Waals surface area (Å²) in [5.74, 6) is 0.990. The van der Waals surface area contributed by atoms with E-state index in [-0.39, 0.29) is 17.4 Å². The molecule has 0 amide bonds. The smallest absolute Gasteiger partial charge is 0.138 e. The minimum absolute atomic E-state index is 0.0735. The molecular formula is C18H29NO2. The first-order valence-electron chi connectivity index (χ1n) is 8.08. The second-order valence-corrected chi connectivity index (χ2v) is 7.66. The molecule has 21 heavy (non-hydrogen) atoms. The van der Waals surface area contributed by atoms with Crippen LogP contribution in [-0.4, -0.2) is 16.2 Å². The molecule has 1 heterocycles. The van der Waals surface area contributed by atoms with Crippen LogP contribution < -0.4 is 4.74 Å². The molecule has 1 saturated carbocycles. The Morgan fingerprint density at radius 3 is 2.62 bits per heavy atom. The van der Waals surface area contributed by atoms with E-state index in [1.165, 1.54) is 6.42 Å². The van der Waals surface area contributed by atoms with Crippen LogP contribution in [0.15, 0.2) is 18.5 Å². The van der Waals surface area contributed by atoms with E-state index in [9.17, 15) is 5.11 Å². The lowest BCUT2D eigenvalue weighted by molar-refractivity contribution is -0.0963. The fraction of sp³-hybridized carbons (Fsp3) is 0.722. The largest absolute Gasteiger partial charge is 0.489 e. The summed E-state index contributed by atoms with van der Waals surface area (Å²) < 4.78 is 5.74. The van der Waals surface area contributed by atoms with Crippen molar-refractivity contribution < 1.29 is 9.84 Å². The molecule has 1 aromatic rings. The Morgan fingerprint density at radius 1 is 1.29 bits per heavy atom. The minimum atomic E-state index is -0.792. The summed E-state index contributed by atoms with van der Waals surface area (Å²) in [6.45, 7) is 10.7. The second-order valence-electron chi connectivity index (χ2n) is 7.66. The molecule has 1 aliphatic rings. The second kappa shape index (κ2) is 5.96. The van der Waals surface area contributed by atoms with E-state index in [1.807, 2.05) is 19.9 Å². The third kappa shape index (κ3) is 3.57. The lowest BCUT2D eigenvalue weighted by Crippen LogP contribution is -2.44. The SMILES string of the molecule is CC(C)Oc1cncc(C2(O)CCCCC2C(C)(C)C)c1. The number of aromatic nitrogens is 1. The van der Waals surface area contributed by atoms with Crippen LogP contribution in [0.2, 0.25) is 0 Å². The Kier molecular flexibility index (Phi) is 4.62. The molecule has 1 N–H and O–H groups in total. The van der Waals surface area contributed by atoms with Crippen LogP contribution in [-0.2, 0) is 5.60 Å². The molecule has 0 spiro atoms. The van der Waals surface area contributed by atoms with Crippen molar-refractivity contribution in [3.05, 3.63) is 24.0 Å². The van der Waals surface area contributed by atoms with Gasteiger partial charge in [-0.2, -0.15) is 0 Å². The lowest BCUT2D eigenvalue weighted by atomic mass is 9.62. The minimum Gasteiger partial charge on any atom is -0.489 e. The van der Waals surface area contributed by atoms with Crippen molar-refractivity contribution in [2.24, 2.45) is 11.3 Å². The number of ether oxygens (including phenoxy) is 1. The molecule has 3 nitrogen and oxygen atoms in total. The Morgan fingerprint density at radius 2 is 2.00 bits per heavy atom. The van der Waals surface area contributed by atoms with E-state index in [2.05, 4.69) is 25.8 Å². The summed E-state index contributed by atoms with van der Waals surface area (Å²) in [4.78, 5) is 4.29. The first-order valence-corrected chi connectivity index (χ1v) is 8.08. The van der Waals surface area contributed by atoms with Gasteiger partial charge < -0.3 is 9.84 Å². The lowest BCUT2D eigenvalue weighted by Gasteiger charge is -2.47. The van der Waals surface area contributed by atoms with Crippen LogP contribution in [0.25, 0.3) is 0 Å². The monoisotopic (exact) mass is 291 g/mol. The summed E-state index contributed by atoms with van der Waals surface area (Å²) in [5.41, 5.74) is 0.185. The zero-order valence-electron chi connectivity index (χ0n) is 14.0. The molecule has 0 aliphatic heterocycles. The molecule has 118 valence electrons. The molecule has 1 fully saturated rings. The summed E-state index contributed by atoms with van der Waals surface area (Å²) in [6.07, 6.45) is 7.77. The normalized spacial score (nSPS) is 26.9. The summed E-state index contributed by atoms with van der Waals surface area (Å²) >= 11 is 0. The van der Waals surface area contributed by atoms with Gasteiger partial charge in [-0.15, -0.1) is 0 Å². The molecule has 2 atom stereocenters. The molecule has 3 heteroatoms. The van der Waals surface area contributed by atoms with Crippen LogP contribution in [0, 0.1) is 11.3 Å². The van der Waals surface area contributed by atoms with Crippen molar-refractivity contribution >= 4 is 0 Å². The zero-order valence-corrected chi connectivity index (χ0v) is 14.0. The van der Waals surface area contributed by atoms with E-state index < -0.39 is 5.60 Å². The molecule has 0 bridgehead atoms. The summed E-state index contributed by atoms with van der Waals surface area (Å²) in [7, 11) is 0.